The van der Waals surface area contributed by atoms with Gasteiger partial charge >= 0.3 is 12.2 Å². The Balaban J connectivity index is 1.41. The maximum Gasteiger partial charge on any atom is 0.412 e. The molecule has 0 heterocycles. The van der Waals surface area contributed by atoms with Gasteiger partial charge in [0.1, 0.15) is 11.5 Å². The highest BCUT2D eigenvalue weighted by Crippen LogP contribution is 2.18. The summed E-state index contributed by atoms with van der Waals surface area (Å²) in [6, 6.07) is 17.3. The molecule has 0 aliphatic rings. The largest absolute Gasteiger partial charge is 0.412 e. The quantitative estimate of drug-likeness (QED) is 0.370. The van der Waals surface area contributed by atoms with Crippen molar-refractivity contribution in [3.05, 3.63) is 104 Å². The van der Waals surface area contributed by atoms with Crippen molar-refractivity contribution in [2.75, 3.05) is 0 Å². The van der Waals surface area contributed by atoms with Crippen LogP contribution in [0.5, 0.6) is 11.5 Å². The van der Waals surface area contributed by atoms with Crippen LogP contribution in [-0.2, 0) is 13.1 Å². The van der Waals surface area contributed by atoms with Crippen molar-refractivity contribution in [1.82, 2.24) is 10.6 Å². The molecule has 0 bridgehead atoms. The molecule has 0 saturated carbocycles. The summed E-state index contributed by atoms with van der Waals surface area (Å²) >= 11 is 0. The number of amides is 2. The molecular formula is C22H18N4O8. The van der Waals surface area contributed by atoms with E-state index in [1.807, 2.05) is 0 Å². The number of carbonyl (C=O) groups is 2. The van der Waals surface area contributed by atoms with E-state index in [-0.39, 0.29) is 36.0 Å². The third-order valence-electron chi connectivity index (χ3n) is 4.41. The fraction of sp³-hybridized carbons (Fsp3) is 0.0909. The average Bonchev–Trinajstić information content (AvgIpc) is 2.83. The van der Waals surface area contributed by atoms with E-state index < -0.39 is 22.0 Å². The van der Waals surface area contributed by atoms with Crippen LogP contribution in [0.2, 0.25) is 0 Å². The molecule has 0 aliphatic carbocycles. The molecule has 3 rings (SSSR count). The zero-order valence-electron chi connectivity index (χ0n) is 17.5. The Morgan fingerprint density at radius 3 is 1.24 bits per heavy atom. The second-order valence-corrected chi connectivity index (χ2v) is 6.80. The molecule has 12 nitrogen and oxygen atoms in total. The molecule has 2 N–H and O–H groups in total. The van der Waals surface area contributed by atoms with E-state index in [9.17, 15) is 29.8 Å². The molecule has 0 unspecified atom stereocenters. The molecule has 3 aromatic carbocycles. The van der Waals surface area contributed by atoms with Gasteiger partial charge in [-0.15, -0.1) is 0 Å². The number of carbonyl (C=O) groups excluding carboxylic acids is 2. The molecule has 3 aromatic rings. The van der Waals surface area contributed by atoms with Gasteiger partial charge in [0.25, 0.3) is 11.4 Å². The third-order valence-corrected chi connectivity index (χ3v) is 4.41. The summed E-state index contributed by atoms with van der Waals surface area (Å²) in [7, 11) is 0. The fourth-order valence-electron chi connectivity index (χ4n) is 2.68. The van der Waals surface area contributed by atoms with Crippen molar-refractivity contribution < 1.29 is 28.9 Å². The van der Waals surface area contributed by atoms with Crippen LogP contribution in [-0.4, -0.2) is 22.0 Å². The monoisotopic (exact) mass is 466 g/mol. The van der Waals surface area contributed by atoms with Crippen molar-refractivity contribution in [3.63, 3.8) is 0 Å². The second kappa shape index (κ2) is 11.0. The van der Waals surface area contributed by atoms with E-state index >= 15 is 0 Å². The second-order valence-electron chi connectivity index (χ2n) is 6.80. The first-order valence-electron chi connectivity index (χ1n) is 9.78. The summed E-state index contributed by atoms with van der Waals surface area (Å²) in [5.41, 5.74) is 1.33. The van der Waals surface area contributed by atoms with E-state index in [4.69, 9.17) is 9.47 Å². The van der Waals surface area contributed by atoms with Crippen molar-refractivity contribution in [3.8, 4) is 11.5 Å². The van der Waals surface area contributed by atoms with Crippen LogP contribution < -0.4 is 20.1 Å². The standard InChI is InChI=1S/C22H18N4O8/c27-21(33-19-9-5-17(6-10-19)25(29)30)23-13-15-1-2-16(4-3-15)14-24-22(28)34-20-11-7-18(8-12-20)26(31)32/h1-12H,13-14H2,(H,23,27)(H,24,28). The highest BCUT2D eigenvalue weighted by atomic mass is 16.6. The average molecular weight is 466 g/mol. The van der Waals surface area contributed by atoms with Crippen molar-refractivity contribution in [1.29, 1.82) is 0 Å². The molecule has 0 aliphatic heterocycles. The normalized spacial score (nSPS) is 10.1. The van der Waals surface area contributed by atoms with Gasteiger partial charge in [-0.25, -0.2) is 9.59 Å². The van der Waals surface area contributed by atoms with Gasteiger partial charge in [0.2, 0.25) is 0 Å². The number of nitrogens with zero attached hydrogens (tertiary/aromatic N) is 2. The lowest BCUT2D eigenvalue weighted by Gasteiger charge is -2.09. The molecule has 0 spiro atoms. The zero-order chi connectivity index (χ0) is 24.5. The van der Waals surface area contributed by atoms with Crippen LogP contribution in [0.3, 0.4) is 0 Å². The summed E-state index contributed by atoms with van der Waals surface area (Å²) in [5.74, 6) is 0.343. The smallest absolute Gasteiger partial charge is 0.410 e. The van der Waals surface area contributed by atoms with Crippen LogP contribution in [0.25, 0.3) is 0 Å². The van der Waals surface area contributed by atoms with Crippen molar-refractivity contribution in [2.45, 2.75) is 13.1 Å². The molecule has 2 amide bonds. The molecule has 34 heavy (non-hydrogen) atoms. The first kappa shape index (κ1) is 23.7. The van der Waals surface area contributed by atoms with Crippen molar-refractivity contribution >= 4 is 23.6 Å². The number of benzene rings is 3. The van der Waals surface area contributed by atoms with Crippen LogP contribution in [0, 0.1) is 20.2 Å². The molecular weight excluding hydrogens is 448 g/mol. The van der Waals surface area contributed by atoms with Gasteiger partial charge in [-0.3, -0.25) is 20.2 Å². The minimum atomic E-state index is -0.714. The Bertz CT molecular complexity index is 1080. The Morgan fingerprint density at radius 2 is 0.941 bits per heavy atom. The van der Waals surface area contributed by atoms with Gasteiger partial charge < -0.3 is 20.1 Å². The molecule has 0 fully saturated rings. The number of non-ortho nitro benzene ring substituents is 2. The summed E-state index contributed by atoms with van der Waals surface area (Å²) in [5, 5.41) is 26.4. The molecule has 0 atom stereocenters. The van der Waals surface area contributed by atoms with E-state index in [1.165, 1.54) is 48.5 Å². The number of nitro groups is 2. The SMILES string of the molecule is O=C(NCc1ccc(CNC(=O)Oc2ccc([N+](=O)[O-])cc2)cc1)Oc1ccc([N+](=O)[O-])cc1. The summed E-state index contributed by atoms with van der Waals surface area (Å²) in [4.78, 5) is 43.9. The van der Waals surface area contributed by atoms with Crippen molar-refractivity contribution in [2.24, 2.45) is 0 Å². The summed E-state index contributed by atoms with van der Waals surface area (Å²) < 4.78 is 10.1. The van der Waals surface area contributed by atoms with Gasteiger partial charge in [0, 0.05) is 37.4 Å². The van der Waals surface area contributed by atoms with E-state index in [0.717, 1.165) is 11.1 Å². The van der Waals surface area contributed by atoms with Gasteiger partial charge in [-0.05, 0) is 35.4 Å². The summed E-state index contributed by atoms with van der Waals surface area (Å²) in [6.07, 6.45) is -1.43. The summed E-state index contributed by atoms with van der Waals surface area (Å²) in [6.45, 7) is 0.365. The molecule has 174 valence electrons. The number of nitrogens with one attached hydrogen (secondary N) is 2. The first-order chi connectivity index (χ1) is 16.3. The topological polar surface area (TPSA) is 163 Å². The molecule has 0 saturated heterocycles. The Kier molecular flexibility index (Phi) is 7.68. The maximum atomic E-state index is 11.9. The third kappa shape index (κ3) is 7.02. The Morgan fingerprint density at radius 1 is 0.618 bits per heavy atom. The van der Waals surface area contributed by atoms with Gasteiger partial charge in [0.15, 0.2) is 0 Å². The minimum Gasteiger partial charge on any atom is -0.410 e. The number of ether oxygens (including phenoxy) is 2. The fourth-order valence-corrected chi connectivity index (χ4v) is 2.68. The van der Waals surface area contributed by atoms with Crippen LogP contribution in [0.4, 0.5) is 21.0 Å². The van der Waals surface area contributed by atoms with E-state index in [0.29, 0.717) is 0 Å². The lowest BCUT2D eigenvalue weighted by atomic mass is 10.1. The van der Waals surface area contributed by atoms with Gasteiger partial charge in [-0.1, -0.05) is 24.3 Å². The molecule has 0 aromatic heterocycles. The first-order valence-corrected chi connectivity index (χ1v) is 9.78. The Labute approximate surface area is 192 Å². The van der Waals surface area contributed by atoms with Gasteiger partial charge in [-0.2, -0.15) is 0 Å². The number of hydrogen-bond acceptors (Lipinski definition) is 8. The van der Waals surface area contributed by atoms with E-state index in [2.05, 4.69) is 10.6 Å². The number of hydrogen-bond donors (Lipinski definition) is 2. The zero-order valence-corrected chi connectivity index (χ0v) is 17.5. The van der Waals surface area contributed by atoms with Crippen LogP contribution in [0.1, 0.15) is 11.1 Å². The lowest BCUT2D eigenvalue weighted by Crippen LogP contribution is -2.27. The highest BCUT2D eigenvalue weighted by molar-refractivity contribution is 5.71. The maximum absolute atomic E-state index is 11.9. The predicted octanol–water partition coefficient (Wildman–Crippen LogP) is 4.08. The molecule has 0 radical (unpaired) electrons. The predicted molar refractivity (Wildman–Crippen MR) is 118 cm³/mol. The van der Waals surface area contributed by atoms with E-state index in [1.54, 1.807) is 24.3 Å². The Hall–Kier alpha value is -5.00. The highest BCUT2D eigenvalue weighted by Gasteiger charge is 2.09. The minimum absolute atomic E-state index is 0.109. The van der Waals surface area contributed by atoms with Crippen LogP contribution in [0.15, 0.2) is 72.8 Å². The lowest BCUT2D eigenvalue weighted by molar-refractivity contribution is -0.385. The molecule has 12 heteroatoms. The number of rotatable bonds is 8. The van der Waals surface area contributed by atoms with Crippen LogP contribution >= 0.6 is 0 Å². The van der Waals surface area contributed by atoms with Gasteiger partial charge in [0.05, 0.1) is 9.85 Å². The number of nitro benzene ring substituents is 2.